The van der Waals surface area contributed by atoms with Crippen LogP contribution in [0.1, 0.15) is 26.3 Å². The van der Waals surface area contributed by atoms with E-state index in [1.54, 1.807) is 6.33 Å². The summed E-state index contributed by atoms with van der Waals surface area (Å²) in [5.74, 6) is 1.49. The second-order valence-electron chi connectivity index (χ2n) is 4.59. The van der Waals surface area contributed by atoms with E-state index in [0.29, 0.717) is 12.0 Å². The van der Waals surface area contributed by atoms with Crippen LogP contribution >= 0.6 is 0 Å². The molecular formula is C12H18N4. The van der Waals surface area contributed by atoms with Crippen molar-refractivity contribution < 1.29 is 0 Å². The molecule has 0 amide bonds. The molecule has 4 nitrogen and oxygen atoms in total. The molecule has 0 saturated carbocycles. The van der Waals surface area contributed by atoms with E-state index in [-0.39, 0.29) is 0 Å². The Morgan fingerprint density at radius 1 is 1.25 bits per heavy atom. The lowest BCUT2D eigenvalue weighted by Gasteiger charge is -2.18. The third-order valence-electron chi connectivity index (χ3n) is 3.03. The first-order valence-corrected chi connectivity index (χ1v) is 5.65. The molecule has 0 aliphatic rings. The summed E-state index contributed by atoms with van der Waals surface area (Å²) in [6.07, 6.45) is 3.55. The molecule has 0 aromatic carbocycles. The van der Waals surface area contributed by atoms with Gasteiger partial charge in [-0.3, -0.25) is 0 Å². The molecule has 0 aliphatic carbocycles. The molecule has 0 bridgehead atoms. The van der Waals surface area contributed by atoms with E-state index in [2.05, 4.69) is 48.0 Å². The van der Waals surface area contributed by atoms with Crippen LogP contribution in [0.3, 0.4) is 0 Å². The minimum absolute atomic E-state index is 0.396. The van der Waals surface area contributed by atoms with Crippen molar-refractivity contribution in [2.75, 3.05) is 5.32 Å². The van der Waals surface area contributed by atoms with Crippen molar-refractivity contribution in [2.45, 2.75) is 33.7 Å². The molecular weight excluding hydrogens is 200 g/mol. The van der Waals surface area contributed by atoms with Crippen LogP contribution in [-0.2, 0) is 0 Å². The predicted molar refractivity (Wildman–Crippen MR) is 66.5 cm³/mol. The Hall–Kier alpha value is -1.58. The van der Waals surface area contributed by atoms with Crippen LogP contribution in [0.5, 0.6) is 0 Å². The molecule has 0 saturated heterocycles. The van der Waals surface area contributed by atoms with Gasteiger partial charge < -0.3 is 10.3 Å². The number of rotatable bonds is 3. The number of nitrogens with one attached hydrogen (secondary N) is 2. The first-order chi connectivity index (χ1) is 7.59. The Bertz CT molecular complexity index is 487. The van der Waals surface area contributed by atoms with Gasteiger partial charge in [0.15, 0.2) is 0 Å². The van der Waals surface area contributed by atoms with Gasteiger partial charge in [0.05, 0.1) is 5.39 Å². The Kier molecular flexibility index (Phi) is 2.81. The Labute approximate surface area is 95.5 Å². The van der Waals surface area contributed by atoms with Crippen LogP contribution in [0.4, 0.5) is 5.82 Å². The molecule has 0 radical (unpaired) electrons. The molecule has 2 heterocycles. The summed E-state index contributed by atoms with van der Waals surface area (Å²) in [5, 5.41) is 4.53. The summed E-state index contributed by atoms with van der Waals surface area (Å²) in [5.41, 5.74) is 2.07. The lowest BCUT2D eigenvalue weighted by Crippen LogP contribution is -2.22. The third kappa shape index (κ3) is 1.87. The zero-order chi connectivity index (χ0) is 11.7. The second-order valence-corrected chi connectivity index (χ2v) is 4.59. The number of H-pyrrole nitrogens is 1. The fourth-order valence-corrected chi connectivity index (χ4v) is 1.61. The average Bonchev–Trinajstić information content (AvgIpc) is 2.61. The van der Waals surface area contributed by atoms with Gasteiger partial charge in [0.1, 0.15) is 17.8 Å². The van der Waals surface area contributed by atoms with Crippen LogP contribution in [0.2, 0.25) is 0 Å². The smallest absolute Gasteiger partial charge is 0.143 e. The fourth-order valence-electron chi connectivity index (χ4n) is 1.61. The highest BCUT2D eigenvalue weighted by Crippen LogP contribution is 2.23. The molecule has 2 aromatic heterocycles. The highest BCUT2D eigenvalue weighted by atomic mass is 15.1. The van der Waals surface area contributed by atoms with Gasteiger partial charge in [-0.2, -0.15) is 0 Å². The maximum absolute atomic E-state index is 4.32. The lowest BCUT2D eigenvalue weighted by atomic mass is 10.1. The quantitative estimate of drug-likeness (QED) is 0.832. The van der Waals surface area contributed by atoms with E-state index >= 15 is 0 Å². The van der Waals surface area contributed by atoms with Crippen molar-refractivity contribution in [3.05, 3.63) is 18.1 Å². The van der Waals surface area contributed by atoms with Gasteiger partial charge in [0, 0.05) is 12.2 Å². The van der Waals surface area contributed by atoms with Crippen LogP contribution in [-0.4, -0.2) is 21.0 Å². The van der Waals surface area contributed by atoms with Gasteiger partial charge in [-0.25, -0.2) is 9.97 Å². The minimum Gasteiger partial charge on any atom is -0.367 e. The van der Waals surface area contributed by atoms with Crippen molar-refractivity contribution in [1.82, 2.24) is 15.0 Å². The SMILES string of the molecule is Cc1c[nH]c2ncnc(N[C@@H](C)C(C)C)c12. The van der Waals surface area contributed by atoms with Crippen molar-refractivity contribution in [2.24, 2.45) is 5.92 Å². The summed E-state index contributed by atoms with van der Waals surface area (Å²) in [7, 11) is 0. The number of aromatic amines is 1. The molecule has 4 heteroatoms. The van der Waals surface area contributed by atoms with Gasteiger partial charge in [-0.15, -0.1) is 0 Å². The molecule has 16 heavy (non-hydrogen) atoms. The number of aryl methyl sites for hydroxylation is 1. The lowest BCUT2D eigenvalue weighted by molar-refractivity contribution is 0.559. The number of hydrogen-bond donors (Lipinski definition) is 2. The maximum Gasteiger partial charge on any atom is 0.143 e. The Balaban J connectivity index is 2.40. The van der Waals surface area contributed by atoms with Gasteiger partial charge in [-0.1, -0.05) is 13.8 Å². The first-order valence-electron chi connectivity index (χ1n) is 5.65. The summed E-state index contributed by atoms with van der Waals surface area (Å²) >= 11 is 0. The number of aromatic nitrogens is 3. The number of hydrogen-bond acceptors (Lipinski definition) is 3. The summed E-state index contributed by atoms with van der Waals surface area (Å²) in [6, 6.07) is 0.396. The summed E-state index contributed by atoms with van der Waals surface area (Å²) < 4.78 is 0. The summed E-state index contributed by atoms with van der Waals surface area (Å²) in [6.45, 7) is 8.62. The molecule has 2 N–H and O–H groups in total. The zero-order valence-electron chi connectivity index (χ0n) is 10.2. The molecule has 2 rings (SSSR count). The van der Waals surface area contributed by atoms with Gasteiger partial charge in [-0.05, 0) is 25.3 Å². The molecule has 0 aliphatic heterocycles. The Morgan fingerprint density at radius 3 is 2.69 bits per heavy atom. The predicted octanol–water partition coefficient (Wildman–Crippen LogP) is 2.72. The van der Waals surface area contributed by atoms with E-state index in [0.717, 1.165) is 16.9 Å². The monoisotopic (exact) mass is 218 g/mol. The largest absolute Gasteiger partial charge is 0.367 e. The van der Waals surface area contributed by atoms with Gasteiger partial charge >= 0.3 is 0 Å². The normalized spacial score (nSPS) is 13.3. The van der Waals surface area contributed by atoms with Crippen LogP contribution in [0, 0.1) is 12.8 Å². The van der Waals surface area contributed by atoms with Gasteiger partial charge in [0.25, 0.3) is 0 Å². The van der Waals surface area contributed by atoms with E-state index in [9.17, 15) is 0 Å². The fraction of sp³-hybridized carbons (Fsp3) is 0.500. The van der Waals surface area contributed by atoms with Gasteiger partial charge in [0.2, 0.25) is 0 Å². The third-order valence-corrected chi connectivity index (χ3v) is 3.03. The van der Waals surface area contributed by atoms with Crippen LogP contribution in [0.25, 0.3) is 11.0 Å². The average molecular weight is 218 g/mol. The minimum atomic E-state index is 0.396. The van der Waals surface area contributed by atoms with Crippen molar-refractivity contribution in [3.8, 4) is 0 Å². The maximum atomic E-state index is 4.32. The first kappa shape index (κ1) is 10.9. The van der Waals surface area contributed by atoms with E-state index in [1.807, 2.05) is 6.20 Å². The number of anilines is 1. The van der Waals surface area contributed by atoms with Crippen molar-refractivity contribution in [1.29, 1.82) is 0 Å². The van der Waals surface area contributed by atoms with E-state index in [4.69, 9.17) is 0 Å². The highest BCUT2D eigenvalue weighted by Gasteiger charge is 2.12. The zero-order valence-corrected chi connectivity index (χ0v) is 10.2. The Morgan fingerprint density at radius 2 is 2.00 bits per heavy atom. The molecule has 0 spiro atoms. The van der Waals surface area contributed by atoms with Crippen molar-refractivity contribution >= 4 is 16.9 Å². The van der Waals surface area contributed by atoms with E-state index < -0.39 is 0 Å². The molecule has 1 atom stereocenters. The standard InChI is InChI=1S/C12H18N4/c1-7(2)9(4)16-12-10-8(3)5-13-11(10)14-6-15-12/h5-7,9H,1-4H3,(H2,13,14,15,16)/t9-/m0/s1. The second kappa shape index (κ2) is 4.12. The molecule has 0 unspecified atom stereocenters. The summed E-state index contributed by atoms with van der Waals surface area (Å²) in [4.78, 5) is 11.7. The highest BCUT2D eigenvalue weighted by molar-refractivity contribution is 5.90. The van der Waals surface area contributed by atoms with Crippen molar-refractivity contribution in [3.63, 3.8) is 0 Å². The van der Waals surface area contributed by atoms with Crippen LogP contribution < -0.4 is 5.32 Å². The van der Waals surface area contributed by atoms with Crippen LogP contribution in [0.15, 0.2) is 12.5 Å². The topological polar surface area (TPSA) is 53.6 Å². The number of fused-ring (bicyclic) bond motifs is 1. The molecule has 2 aromatic rings. The van der Waals surface area contributed by atoms with E-state index in [1.165, 1.54) is 5.56 Å². The molecule has 86 valence electrons. The number of nitrogens with zero attached hydrogens (tertiary/aromatic N) is 2. The molecule has 0 fully saturated rings.